The lowest BCUT2D eigenvalue weighted by molar-refractivity contribution is -0.131. The van der Waals surface area contributed by atoms with E-state index in [1.54, 1.807) is 18.9 Å². The zero-order chi connectivity index (χ0) is 11.8. The maximum atomic E-state index is 11.5. The standard InChI is InChI=1S/C11H23NO3/c1-9(2)15-8-7-12(4)11(14)6-5-10(3)13/h9-10,13H,5-8H2,1-4H3. The third-order valence-electron chi connectivity index (χ3n) is 2.08. The van der Waals surface area contributed by atoms with Gasteiger partial charge in [-0.2, -0.15) is 0 Å². The molecule has 90 valence electrons. The van der Waals surface area contributed by atoms with Crippen molar-refractivity contribution in [1.82, 2.24) is 4.90 Å². The van der Waals surface area contributed by atoms with E-state index >= 15 is 0 Å². The summed E-state index contributed by atoms with van der Waals surface area (Å²) < 4.78 is 5.34. The number of amides is 1. The van der Waals surface area contributed by atoms with Crippen LogP contribution in [0.25, 0.3) is 0 Å². The number of carbonyl (C=O) groups excluding carboxylic acids is 1. The molecule has 0 bridgehead atoms. The van der Waals surface area contributed by atoms with Gasteiger partial charge < -0.3 is 14.7 Å². The molecule has 4 nitrogen and oxygen atoms in total. The lowest BCUT2D eigenvalue weighted by Gasteiger charge is -2.18. The number of hydrogen-bond donors (Lipinski definition) is 1. The summed E-state index contributed by atoms with van der Waals surface area (Å²) in [5.41, 5.74) is 0. The molecule has 0 radical (unpaired) electrons. The second-order valence-electron chi connectivity index (χ2n) is 4.12. The van der Waals surface area contributed by atoms with E-state index in [1.165, 1.54) is 0 Å². The fraction of sp³-hybridized carbons (Fsp3) is 0.909. The molecule has 1 N–H and O–H groups in total. The molecule has 0 aliphatic rings. The molecule has 0 rings (SSSR count). The summed E-state index contributed by atoms with van der Waals surface area (Å²) in [6, 6.07) is 0. The summed E-state index contributed by atoms with van der Waals surface area (Å²) in [5.74, 6) is 0.0586. The predicted molar refractivity (Wildman–Crippen MR) is 59.6 cm³/mol. The second kappa shape index (κ2) is 7.65. The Hall–Kier alpha value is -0.610. The van der Waals surface area contributed by atoms with E-state index in [1.807, 2.05) is 13.8 Å². The Morgan fingerprint density at radius 2 is 2.00 bits per heavy atom. The molecule has 0 saturated carbocycles. The van der Waals surface area contributed by atoms with Gasteiger partial charge in [0.2, 0.25) is 5.91 Å². The normalized spacial score (nSPS) is 12.9. The van der Waals surface area contributed by atoms with Crippen LogP contribution in [0.5, 0.6) is 0 Å². The zero-order valence-corrected chi connectivity index (χ0v) is 10.2. The van der Waals surface area contributed by atoms with Crippen molar-refractivity contribution in [2.24, 2.45) is 0 Å². The molecule has 1 amide bonds. The minimum Gasteiger partial charge on any atom is -0.393 e. The van der Waals surface area contributed by atoms with E-state index < -0.39 is 6.10 Å². The molecule has 0 saturated heterocycles. The van der Waals surface area contributed by atoms with Crippen molar-refractivity contribution in [2.45, 2.75) is 45.8 Å². The molecular formula is C11H23NO3. The van der Waals surface area contributed by atoms with Crippen LogP contribution < -0.4 is 0 Å². The van der Waals surface area contributed by atoms with Crippen LogP contribution in [0.15, 0.2) is 0 Å². The largest absolute Gasteiger partial charge is 0.393 e. The van der Waals surface area contributed by atoms with Gasteiger partial charge >= 0.3 is 0 Å². The number of likely N-dealkylation sites (N-methyl/N-ethyl adjacent to an activating group) is 1. The number of ether oxygens (including phenoxy) is 1. The van der Waals surface area contributed by atoms with Gasteiger partial charge in [-0.25, -0.2) is 0 Å². The molecular weight excluding hydrogens is 194 g/mol. The Balaban J connectivity index is 3.60. The molecule has 0 aromatic heterocycles. The highest BCUT2D eigenvalue weighted by Gasteiger charge is 2.09. The van der Waals surface area contributed by atoms with Crippen LogP contribution in [0.1, 0.15) is 33.6 Å². The first kappa shape index (κ1) is 14.4. The first-order valence-electron chi connectivity index (χ1n) is 5.47. The number of aliphatic hydroxyl groups is 1. The van der Waals surface area contributed by atoms with Crippen molar-refractivity contribution in [3.05, 3.63) is 0 Å². The Morgan fingerprint density at radius 1 is 1.40 bits per heavy atom. The lowest BCUT2D eigenvalue weighted by atomic mass is 10.2. The molecule has 1 unspecified atom stereocenters. The SMILES string of the molecule is CC(O)CCC(=O)N(C)CCOC(C)C. The van der Waals surface area contributed by atoms with Gasteiger partial charge in [0, 0.05) is 20.0 Å². The highest BCUT2D eigenvalue weighted by atomic mass is 16.5. The van der Waals surface area contributed by atoms with Crippen LogP contribution in [0.3, 0.4) is 0 Å². The van der Waals surface area contributed by atoms with E-state index in [9.17, 15) is 4.79 Å². The molecule has 0 aromatic rings. The highest BCUT2D eigenvalue weighted by Crippen LogP contribution is 2.00. The Bertz CT molecular complexity index is 181. The van der Waals surface area contributed by atoms with E-state index in [0.29, 0.717) is 26.0 Å². The van der Waals surface area contributed by atoms with Gasteiger partial charge in [-0.05, 0) is 27.2 Å². The Kier molecular flexibility index (Phi) is 7.34. The molecule has 1 atom stereocenters. The minimum absolute atomic E-state index is 0.0586. The Labute approximate surface area is 92.2 Å². The number of carbonyl (C=O) groups is 1. The molecule has 15 heavy (non-hydrogen) atoms. The van der Waals surface area contributed by atoms with Gasteiger partial charge in [0.05, 0.1) is 18.8 Å². The highest BCUT2D eigenvalue weighted by molar-refractivity contribution is 5.75. The predicted octanol–water partition coefficient (Wildman–Crippen LogP) is 1.03. The van der Waals surface area contributed by atoms with Gasteiger partial charge in [-0.1, -0.05) is 0 Å². The minimum atomic E-state index is -0.408. The van der Waals surface area contributed by atoms with Crippen LogP contribution in [0.2, 0.25) is 0 Å². The summed E-state index contributed by atoms with van der Waals surface area (Å²) in [4.78, 5) is 13.1. The smallest absolute Gasteiger partial charge is 0.222 e. The van der Waals surface area contributed by atoms with Crippen molar-refractivity contribution >= 4 is 5.91 Å². The summed E-state index contributed by atoms with van der Waals surface area (Å²) in [7, 11) is 1.76. The van der Waals surface area contributed by atoms with Gasteiger partial charge in [-0.3, -0.25) is 4.79 Å². The molecule has 0 fully saturated rings. The van der Waals surface area contributed by atoms with Gasteiger partial charge in [-0.15, -0.1) is 0 Å². The number of rotatable bonds is 7. The third kappa shape index (κ3) is 8.39. The molecule has 0 aromatic carbocycles. The van der Waals surface area contributed by atoms with Crippen molar-refractivity contribution in [1.29, 1.82) is 0 Å². The van der Waals surface area contributed by atoms with Gasteiger partial charge in [0.25, 0.3) is 0 Å². The van der Waals surface area contributed by atoms with Crippen LogP contribution >= 0.6 is 0 Å². The zero-order valence-electron chi connectivity index (χ0n) is 10.2. The fourth-order valence-electron chi connectivity index (χ4n) is 1.07. The quantitative estimate of drug-likeness (QED) is 0.693. The first-order chi connectivity index (χ1) is 6.93. The summed E-state index contributed by atoms with van der Waals surface area (Å²) >= 11 is 0. The van der Waals surface area contributed by atoms with Crippen molar-refractivity contribution in [3.8, 4) is 0 Å². The van der Waals surface area contributed by atoms with Crippen LogP contribution in [0.4, 0.5) is 0 Å². The van der Waals surface area contributed by atoms with Gasteiger partial charge in [0.1, 0.15) is 0 Å². The van der Waals surface area contributed by atoms with Crippen LogP contribution in [0, 0.1) is 0 Å². The van der Waals surface area contributed by atoms with Crippen LogP contribution in [-0.4, -0.2) is 48.3 Å². The second-order valence-corrected chi connectivity index (χ2v) is 4.12. The van der Waals surface area contributed by atoms with Crippen molar-refractivity contribution < 1.29 is 14.6 Å². The van der Waals surface area contributed by atoms with E-state index in [0.717, 1.165) is 0 Å². The fourth-order valence-corrected chi connectivity index (χ4v) is 1.07. The average Bonchev–Trinajstić information content (AvgIpc) is 2.13. The van der Waals surface area contributed by atoms with Crippen molar-refractivity contribution in [2.75, 3.05) is 20.2 Å². The van der Waals surface area contributed by atoms with Crippen LogP contribution in [-0.2, 0) is 9.53 Å². The lowest BCUT2D eigenvalue weighted by Crippen LogP contribution is -2.31. The topological polar surface area (TPSA) is 49.8 Å². The number of aliphatic hydroxyl groups excluding tert-OH is 1. The summed E-state index contributed by atoms with van der Waals surface area (Å²) in [6.45, 7) is 6.80. The third-order valence-corrected chi connectivity index (χ3v) is 2.08. The van der Waals surface area contributed by atoms with Gasteiger partial charge in [0.15, 0.2) is 0 Å². The molecule has 0 heterocycles. The maximum Gasteiger partial charge on any atom is 0.222 e. The monoisotopic (exact) mass is 217 g/mol. The molecule has 0 aliphatic carbocycles. The summed E-state index contributed by atoms with van der Waals surface area (Å²) in [5, 5.41) is 9.04. The summed E-state index contributed by atoms with van der Waals surface area (Å²) in [6.07, 6.45) is 0.713. The molecule has 0 spiro atoms. The van der Waals surface area contributed by atoms with E-state index in [4.69, 9.17) is 9.84 Å². The maximum absolute atomic E-state index is 11.5. The van der Waals surface area contributed by atoms with Crippen molar-refractivity contribution in [3.63, 3.8) is 0 Å². The molecule has 0 aliphatic heterocycles. The average molecular weight is 217 g/mol. The number of nitrogens with zero attached hydrogens (tertiary/aromatic N) is 1. The Morgan fingerprint density at radius 3 is 2.47 bits per heavy atom. The van der Waals surface area contributed by atoms with E-state index in [2.05, 4.69) is 0 Å². The van der Waals surface area contributed by atoms with E-state index in [-0.39, 0.29) is 12.0 Å². The first-order valence-corrected chi connectivity index (χ1v) is 5.47. The molecule has 4 heteroatoms. The number of hydrogen-bond acceptors (Lipinski definition) is 3.